The molecule has 0 atom stereocenters. The molecule has 0 fully saturated rings. The predicted molar refractivity (Wildman–Crippen MR) is 50.9 cm³/mol. The van der Waals surface area contributed by atoms with Gasteiger partial charge in [-0.2, -0.15) is 5.10 Å². The first-order valence-corrected chi connectivity index (χ1v) is 4.03. The predicted octanol–water partition coefficient (Wildman–Crippen LogP) is 1.66. The first kappa shape index (κ1) is 7.98. The van der Waals surface area contributed by atoms with Gasteiger partial charge in [0.25, 0.3) is 0 Å². The molecular weight excluding hydrogens is 162 g/mol. The van der Waals surface area contributed by atoms with Crippen molar-refractivity contribution in [1.82, 2.24) is 14.8 Å². The number of hydrogen-bond donors (Lipinski definition) is 0. The number of aromatic nitrogens is 3. The van der Waals surface area contributed by atoms with E-state index < -0.39 is 0 Å². The maximum atomic E-state index is 4.12. The van der Waals surface area contributed by atoms with Crippen LogP contribution in [0.5, 0.6) is 0 Å². The molecule has 65 valence electrons. The summed E-state index contributed by atoms with van der Waals surface area (Å²) in [6.45, 7) is 3.86. The molecule has 1 radical (unpaired) electrons. The Bertz CT molecular complexity index is 418. The first-order chi connectivity index (χ1) is 6.27. The molecule has 0 aliphatic heterocycles. The van der Waals surface area contributed by atoms with Crippen LogP contribution in [-0.2, 0) is 7.05 Å². The lowest BCUT2D eigenvalue weighted by Gasteiger charge is -1.99. The first-order valence-electron chi connectivity index (χ1n) is 4.03. The fourth-order valence-corrected chi connectivity index (χ4v) is 1.26. The van der Waals surface area contributed by atoms with Gasteiger partial charge in [0.1, 0.15) is 0 Å². The summed E-state index contributed by atoms with van der Waals surface area (Å²) >= 11 is 0. The van der Waals surface area contributed by atoms with E-state index in [1.54, 1.807) is 10.9 Å². The highest BCUT2D eigenvalue weighted by molar-refractivity contribution is 5.64. The lowest BCUT2D eigenvalue weighted by molar-refractivity contribution is 0.768. The summed E-state index contributed by atoms with van der Waals surface area (Å²) in [5, 5.41) is 4.10. The van der Waals surface area contributed by atoms with E-state index in [2.05, 4.69) is 17.0 Å². The van der Waals surface area contributed by atoms with Crippen molar-refractivity contribution in [1.29, 1.82) is 0 Å². The van der Waals surface area contributed by atoms with Crippen LogP contribution < -0.4 is 0 Å². The van der Waals surface area contributed by atoms with Crippen LogP contribution in [-0.4, -0.2) is 14.8 Å². The molecule has 0 unspecified atom stereocenters. The van der Waals surface area contributed by atoms with Crippen LogP contribution in [0.15, 0.2) is 30.7 Å². The fourth-order valence-electron chi connectivity index (χ4n) is 1.26. The zero-order valence-corrected chi connectivity index (χ0v) is 7.44. The van der Waals surface area contributed by atoms with Crippen LogP contribution >= 0.6 is 0 Å². The maximum absolute atomic E-state index is 4.12. The fraction of sp³-hybridized carbons (Fsp3) is 0.100. The smallest absolute Gasteiger partial charge is 0.0568 e. The highest BCUT2D eigenvalue weighted by atomic mass is 15.2. The third-order valence-electron chi connectivity index (χ3n) is 1.91. The van der Waals surface area contributed by atoms with Crippen LogP contribution in [0.25, 0.3) is 11.1 Å². The van der Waals surface area contributed by atoms with Crippen molar-refractivity contribution >= 4 is 0 Å². The molecule has 2 aromatic heterocycles. The lowest BCUT2D eigenvalue weighted by Crippen LogP contribution is -1.85. The van der Waals surface area contributed by atoms with Gasteiger partial charge >= 0.3 is 0 Å². The number of nitrogens with zero attached hydrogens (tertiary/aromatic N) is 3. The molecule has 0 aromatic carbocycles. The van der Waals surface area contributed by atoms with Crippen LogP contribution in [0.1, 0.15) is 5.69 Å². The van der Waals surface area contributed by atoms with Gasteiger partial charge in [-0.15, -0.1) is 0 Å². The average molecular weight is 172 g/mol. The van der Waals surface area contributed by atoms with Gasteiger partial charge in [0, 0.05) is 36.3 Å². The Morgan fingerprint density at radius 3 is 2.92 bits per heavy atom. The summed E-state index contributed by atoms with van der Waals surface area (Å²) < 4.78 is 1.77. The third kappa shape index (κ3) is 1.45. The minimum absolute atomic E-state index is 0.788. The lowest BCUT2D eigenvalue weighted by atomic mass is 10.1. The second-order valence-corrected chi connectivity index (χ2v) is 2.90. The number of pyridine rings is 1. The van der Waals surface area contributed by atoms with Gasteiger partial charge in [-0.3, -0.25) is 9.67 Å². The highest BCUT2D eigenvalue weighted by Crippen LogP contribution is 2.19. The van der Waals surface area contributed by atoms with Crippen molar-refractivity contribution in [2.75, 3.05) is 0 Å². The second-order valence-electron chi connectivity index (χ2n) is 2.90. The molecule has 0 aliphatic rings. The zero-order valence-electron chi connectivity index (χ0n) is 7.44. The summed E-state index contributed by atoms with van der Waals surface area (Å²) in [7, 11) is 1.89. The van der Waals surface area contributed by atoms with Gasteiger partial charge in [0.15, 0.2) is 0 Å². The van der Waals surface area contributed by atoms with E-state index in [-0.39, 0.29) is 0 Å². The van der Waals surface area contributed by atoms with Gasteiger partial charge in [-0.1, -0.05) is 6.07 Å². The number of aryl methyl sites for hydroxylation is 1. The minimum atomic E-state index is 0.788. The van der Waals surface area contributed by atoms with Crippen LogP contribution in [0.2, 0.25) is 0 Å². The molecular formula is C10H10N3. The zero-order chi connectivity index (χ0) is 9.26. The summed E-state index contributed by atoms with van der Waals surface area (Å²) in [6.07, 6.45) is 5.50. The Kier molecular flexibility index (Phi) is 1.85. The third-order valence-corrected chi connectivity index (χ3v) is 1.91. The van der Waals surface area contributed by atoms with Gasteiger partial charge in [-0.05, 0) is 13.0 Å². The highest BCUT2D eigenvalue weighted by Gasteiger charge is 2.02. The Morgan fingerprint density at radius 1 is 1.46 bits per heavy atom. The van der Waals surface area contributed by atoms with E-state index in [9.17, 15) is 0 Å². The Hall–Kier alpha value is -1.64. The van der Waals surface area contributed by atoms with Crippen LogP contribution in [0, 0.1) is 6.92 Å². The molecule has 3 nitrogen and oxygen atoms in total. The molecule has 0 saturated carbocycles. The molecule has 0 saturated heterocycles. The van der Waals surface area contributed by atoms with E-state index in [0.717, 1.165) is 16.8 Å². The molecule has 2 aromatic rings. The molecule has 3 heteroatoms. The van der Waals surface area contributed by atoms with Crippen molar-refractivity contribution in [2.45, 2.75) is 0 Å². The Labute approximate surface area is 77.0 Å². The molecule has 0 spiro atoms. The molecule has 0 amide bonds. The quantitative estimate of drug-likeness (QED) is 0.655. The summed E-state index contributed by atoms with van der Waals surface area (Å²) in [5.74, 6) is 0. The summed E-state index contributed by atoms with van der Waals surface area (Å²) in [4.78, 5) is 4.12. The van der Waals surface area contributed by atoms with E-state index in [4.69, 9.17) is 0 Å². The van der Waals surface area contributed by atoms with Gasteiger partial charge in [0.05, 0.1) is 6.20 Å². The normalized spacial score (nSPS) is 10.3. The van der Waals surface area contributed by atoms with E-state index in [1.807, 2.05) is 31.6 Å². The van der Waals surface area contributed by atoms with Crippen molar-refractivity contribution in [3.8, 4) is 11.1 Å². The van der Waals surface area contributed by atoms with Crippen molar-refractivity contribution in [3.63, 3.8) is 0 Å². The minimum Gasteiger partial charge on any atom is -0.275 e. The van der Waals surface area contributed by atoms with Gasteiger partial charge in [-0.25, -0.2) is 0 Å². The van der Waals surface area contributed by atoms with Gasteiger partial charge < -0.3 is 0 Å². The number of hydrogen-bond acceptors (Lipinski definition) is 2. The average Bonchev–Trinajstić information content (AvgIpc) is 2.53. The van der Waals surface area contributed by atoms with Crippen molar-refractivity contribution in [3.05, 3.63) is 43.3 Å². The molecule has 0 bridgehead atoms. The summed E-state index contributed by atoms with van der Waals surface area (Å²) in [6, 6.07) is 3.89. The van der Waals surface area contributed by atoms with E-state index >= 15 is 0 Å². The second kappa shape index (κ2) is 3.01. The van der Waals surface area contributed by atoms with Crippen molar-refractivity contribution < 1.29 is 0 Å². The molecule has 0 N–H and O–H groups in total. The standard InChI is InChI=1S/C10H10N3/c1-8-10(4-3-5-11-8)9-6-12-13(2)7-9/h3-7H,1H2,2H3. The topological polar surface area (TPSA) is 30.7 Å². The molecule has 2 rings (SSSR count). The van der Waals surface area contributed by atoms with Crippen LogP contribution in [0.4, 0.5) is 0 Å². The van der Waals surface area contributed by atoms with Crippen molar-refractivity contribution in [2.24, 2.45) is 7.05 Å². The van der Waals surface area contributed by atoms with E-state index in [1.165, 1.54) is 0 Å². The largest absolute Gasteiger partial charge is 0.275 e. The molecule has 0 aliphatic carbocycles. The molecule has 13 heavy (non-hydrogen) atoms. The SMILES string of the molecule is [CH2]c1ncccc1-c1cnn(C)c1. The molecule has 2 heterocycles. The van der Waals surface area contributed by atoms with Crippen LogP contribution in [0.3, 0.4) is 0 Å². The maximum Gasteiger partial charge on any atom is 0.0568 e. The Morgan fingerprint density at radius 2 is 2.31 bits per heavy atom. The Balaban J connectivity index is 2.52. The number of rotatable bonds is 1. The monoisotopic (exact) mass is 172 g/mol. The van der Waals surface area contributed by atoms with Gasteiger partial charge in [0.2, 0.25) is 0 Å². The van der Waals surface area contributed by atoms with E-state index in [0.29, 0.717) is 0 Å². The summed E-state index contributed by atoms with van der Waals surface area (Å²) in [5.41, 5.74) is 2.88.